The summed E-state index contributed by atoms with van der Waals surface area (Å²) in [7, 11) is 1.49. The van der Waals surface area contributed by atoms with Crippen LogP contribution in [0.15, 0.2) is 18.2 Å². The summed E-state index contributed by atoms with van der Waals surface area (Å²) in [5, 5.41) is 3.55. The molecule has 0 unspecified atom stereocenters. The van der Waals surface area contributed by atoms with Gasteiger partial charge in [0.05, 0.1) is 12.1 Å². The van der Waals surface area contributed by atoms with Gasteiger partial charge in [-0.05, 0) is 31.0 Å². The summed E-state index contributed by atoms with van der Waals surface area (Å²) in [5.41, 5.74) is 1.03. The normalized spacial score (nSPS) is 10.3. The second-order valence-electron chi connectivity index (χ2n) is 4.39. The van der Waals surface area contributed by atoms with Crippen molar-refractivity contribution in [2.75, 3.05) is 19.0 Å². The average molecular weight is 309 g/mol. The Hall–Kier alpha value is -2.08. The Morgan fingerprint density at radius 1 is 1.19 bits per heavy atom. The summed E-state index contributed by atoms with van der Waals surface area (Å²) in [5.74, 6) is 0.897. The van der Waals surface area contributed by atoms with E-state index in [1.807, 2.05) is 19.1 Å². The number of halogens is 1. The number of methoxy groups -OCH3 is 1. The molecule has 0 radical (unpaired) electrons. The fraction of sp³-hybridized carbons (Fsp3) is 0.357. The standard InChI is InChI=1S/C14H17ClN4O2/c1-4-7-16-12-17-13(20-3)19-14(18-12)21-11-8-9(2)5-6-10(11)15/h5-6,8H,4,7H2,1-3H3,(H,16,17,18,19). The molecular formula is C14H17ClN4O2. The Bertz CT molecular complexity index is 622. The van der Waals surface area contributed by atoms with Crippen LogP contribution in [0.4, 0.5) is 5.95 Å². The molecule has 1 heterocycles. The van der Waals surface area contributed by atoms with E-state index in [4.69, 9.17) is 21.1 Å². The van der Waals surface area contributed by atoms with E-state index in [9.17, 15) is 0 Å². The summed E-state index contributed by atoms with van der Waals surface area (Å²) in [6.07, 6.45) is 0.952. The number of hydrogen-bond donors (Lipinski definition) is 1. The van der Waals surface area contributed by atoms with Crippen molar-refractivity contribution in [1.29, 1.82) is 0 Å². The third-order valence-corrected chi connectivity index (χ3v) is 2.91. The van der Waals surface area contributed by atoms with E-state index in [0.29, 0.717) is 16.7 Å². The molecule has 1 aromatic carbocycles. The largest absolute Gasteiger partial charge is 0.467 e. The van der Waals surface area contributed by atoms with Crippen molar-refractivity contribution in [2.45, 2.75) is 20.3 Å². The lowest BCUT2D eigenvalue weighted by atomic mass is 10.2. The van der Waals surface area contributed by atoms with Crippen LogP contribution in [0.2, 0.25) is 5.02 Å². The van der Waals surface area contributed by atoms with Gasteiger partial charge in [-0.25, -0.2) is 0 Å². The van der Waals surface area contributed by atoms with Gasteiger partial charge in [-0.1, -0.05) is 24.6 Å². The zero-order chi connectivity index (χ0) is 15.2. The fourth-order valence-electron chi connectivity index (χ4n) is 1.58. The van der Waals surface area contributed by atoms with Gasteiger partial charge in [0, 0.05) is 6.54 Å². The van der Waals surface area contributed by atoms with E-state index in [1.54, 1.807) is 6.07 Å². The molecule has 0 amide bonds. The molecule has 0 aliphatic heterocycles. The van der Waals surface area contributed by atoms with Crippen LogP contribution in [0.25, 0.3) is 0 Å². The first-order valence-electron chi connectivity index (χ1n) is 6.60. The first-order chi connectivity index (χ1) is 10.1. The Morgan fingerprint density at radius 2 is 1.95 bits per heavy atom. The molecular weight excluding hydrogens is 292 g/mol. The Kier molecular flexibility index (Phi) is 5.16. The summed E-state index contributed by atoms with van der Waals surface area (Å²) in [6, 6.07) is 5.80. The molecule has 2 rings (SSSR count). The van der Waals surface area contributed by atoms with Crippen LogP contribution in [0.1, 0.15) is 18.9 Å². The Balaban J connectivity index is 2.27. The van der Waals surface area contributed by atoms with Gasteiger partial charge in [0.15, 0.2) is 0 Å². The minimum absolute atomic E-state index is 0.132. The molecule has 0 saturated carbocycles. The summed E-state index contributed by atoms with van der Waals surface area (Å²) in [6.45, 7) is 4.75. The molecule has 6 nitrogen and oxygen atoms in total. The SMILES string of the molecule is CCCNc1nc(OC)nc(Oc2cc(C)ccc2Cl)n1. The zero-order valence-corrected chi connectivity index (χ0v) is 12.9. The highest BCUT2D eigenvalue weighted by Gasteiger charge is 2.10. The summed E-state index contributed by atoms with van der Waals surface area (Å²) in [4.78, 5) is 12.4. The van der Waals surface area contributed by atoms with Crippen LogP contribution in [0.3, 0.4) is 0 Å². The second kappa shape index (κ2) is 7.08. The molecule has 0 saturated heterocycles. The van der Waals surface area contributed by atoms with E-state index in [-0.39, 0.29) is 12.0 Å². The molecule has 21 heavy (non-hydrogen) atoms. The maximum Gasteiger partial charge on any atom is 0.330 e. The maximum atomic E-state index is 6.10. The van der Waals surface area contributed by atoms with Gasteiger partial charge in [0.1, 0.15) is 5.75 Å². The number of nitrogens with one attached hydrogen (secondary N) is 1. The first kappa shape index (κ1) is 15.3. The van der Waals surface area contributed by atoms with Gasteiger partial charge in [0.25, 0.3) is 0 Å². The highest BCUT2D eigenvalue weighted by atomic mass is 35.5. The lowest BCUT2D eigenvalue weighted by molar-refractivity contribution is 0.360. The van der Waals surface area contributed by atoms with Crippen molar-refractivity contribution < 1.29 is 9.47 Å². The van der Waals surface area contributed by atoms with Gasteiger partial charge in [-0.3, -0.25) is 0 Å². The van der Waals surface area contributed by atoms with E-state index >= 15 is 0 Å². The molecule has 2 aromatic rings. The van der Waals surface area contributed by atoms with Gasteiger partial charge in [-0.15, -0.1) is 4.98 Å². The minimum Gasteiger partial charge on any atom is -0.467 e. The van der Waals surface area contributed by atoms with E-state index in [2.05, 4.69) is 27.2 Å². The molecule has 0 spiro atoms. The third kappa shape index (κ3) is 4.19. The number of benzene rings is 1. The number of nitrogens with zero attached hydrogens (tertiary/aromatic N) is 3. The van der Waals surface area contributed by atoms with E-state index < -0.39 is 0 Å². The van der Waals surface area contributed by atoms with Crippen molar-refractivity contribution in [3.8, 4) is 17.8 Å². The van der Waals surface area contributed by atoms with Crippen molar-refractivity contribution in [2.24, 2.45) is 0 Å². The number of rotatable bonds is 6. The molecule has 112 valence electrons. The maximum absolute atomic E-state index is 6.10. The third-order valence-electron chi connectivity index (χ3n) is 2.60. The van der Waals surface area contributed by atoms with Crippen molar-refractivity contribution in [1.82, 2.24) is 15.0 Å². The molecule has 0 bridgehead atoms. The summed E-state index contributed by atoms with van der Waals surface area (Å²) < 4.78 is 10.7. The first-order valence-corrected chi connectivity index (χ1v) is 6.98. The second-order valence-corrected chi connectivity index (χ2v) is 4.80. The van der Waals surface area contributed by atoms with Crippen molar-refractivity contribution in [3.05, 3.63) is 28.8 Å². The number of ether oxygens (including phenoxy) is 2. The monoisotopic (exact) mass is 308 g/mol. The quantitative estimate of drug-likeness (QED) is 0.881. The Morgan fingerprint density at radius 3 is 2.67 bits per heavy atom. The highest BCUT2D eigenvalue weighted by Crippen LogP contribution is 2.29. The molecule has 0 fully saturated rings. The van der Waals surface area contributed by atoms with Crippen LogP contribution in [-0.2, 0) is 0 Å². The van der Waals surface area contributed by atoms with Crippen LogP contribution < -0.4 is 14.8 Å². The van der Waals surface area contributed by atoms with Crippen LogP contribution in [0, 0.1) is 6.92 Å². The van der Waals surface area contributed by atoms with E-state index in [0.717, 1.165) is 18.5 Å². The summed E-state index contributed by atoms with van der Waals surface area (Å²) >= 11 is 6.10. The molecule has 1 N–H and O–H groups in total. The van der Waals surface area contributed by atoms with Gasteiger partial charge >= 0.3 is 12.0 Å². The highest BCUT2D eigenvalue weighted by molar-refractivity contribution is 6.32. The van der Waals surface area contributed by atoms with Gasteiger partial charge in [0.2, 0.25) is 5.95 Å². The lowest BCUT2D eigenvalue weighted by Gasteiger charge is -2.09. The van der Waals surface area contributed by atoms with Crippen LogP contribution in [0.5, 0.6) is 17.8 Å². The van der Waals surface area contributed by atoms with Gasteiger partial charge in [-0.2, -0.15) is 9.97 Å². The molecule has 0 aliphatic rings. The number of aryl methyl sites for hydroxylation is 1. The van der Waals surface area contributed by atoms with Crippen molar-refractivity contribution >= 4 is 17.5 Å². The zero-order valence-electron chi connectivity index (χ0n) is 12.2. The average Bonchev–Trinajstić information content (AvgIpc) is 2.48. The Labute approximate surface area is 128 Å². The van der Waals surface area contributed by atoms with Gasteiger partial charge < -0.3 is 14.8 Å². The number of aromatic nitrogens is 3. The van der Waals surface area contributed by atoms with Crippen LogP contribution in [-0.4, -0.2) is 28.6 Å². The topological polar surface area (TPSA) is 69.2 Å². The predicted octanol–water partition coefficient (Wildman–Crippen LogP) is 3.46. The fourth-order valence-corrected chi connectivity index (χ4v) is 1.73. The molecule has 1 aromatic heterocycles. The smallest absolute Gasteiger partial charge is 0.330 e. The molecule has 0 atom stereocenters. The number of hydrogen-bond acceptors (Lipinski definition) is 6. The number of anilines is 1. The lowest BCUT2D eigenvalue weighted by Crippen LogP contribution is -2.07. The van der Waals surface area contributed by atoms with E-state index in [1.165, 1.54) is 7.11 Å². The minimum atomic E-state index is 0.132. The predicted molar refractivity (Wildman–Crippen MR) is 81.4 cm³/mol. The van der Waals surface area contributed by atoms with Crippen LogP contribution >= 0.6 is 11.6 Å². The molecule has 0 aliphatic carbocycles. The van der Waals surface area contributed by atoms with Crippen molar-refractivity contribution in [3.63, 3.8) is 0 Å². The molecule has 7 heteroatoms.